The number of nitrogens with one attached hydrogen (secondary N) is 2. The van der Waals surface area contributed by atoms with Crippen molar-refractivity contribution in [1.82, 2.24) is 14.9 Å². The smallest absolute Gasteiger partial charge is 0.261 e. The van der Waals surface area contributed by atoms with Gasteiger partial charge in [-0.2, -0.15) is 0 Å². The van der Waals surface area contributed by atoms with Crippen molar-refractivity contribution < 1.29 is 22.8 Å². The Balaban J connectivity index is 1.64. The number of imide groups is 1. The fourth-order valence-electron chi connectivity index (χ4n) is 3.28. The van der Waals surface area contributed by atoms with E-state index in [1.54, 1.807) is 24.3 Å². The van der Waals surface area contributed by atoms with Crippen LogP contribution in [-0.4, -0.2) is 44.6 Å². The Bertz CT molecular complexity index is 1110. The summed E-state index contributed by atoms with van der Waals surface area (Å²) in [6.07, 6.45) is 1.60. The van der Waals surface area contributed by atoms with Crippen LogP contribution in [0.1, 0.15) is 62.0 Å². The molecule has 31 heavy (non-hydrogen) atoms. The van der Waals surface area contributed by atoms with Gasteiger partial charge in [0.2, 0.25) is 10.0 Å². The average molecular weight is 444 g/mol. The Morgan fingerprint density at radius 3 is 2.26 bits per heavy atom. The van der Waals surface area contributed by atoms with E-state index >= 15 is 0 Å². The Kier molecular flexibility index (Phi) is 6.87. The van der Waals surface area contributed by atoms with Gasteiger partial charge in [0.05, 0.1) is 16.9 Å². The van der Waals surface area contributed by atoms with E-state index in [4.69, 9.17) is 0 Å². The lowest BCUT2D eigenvalue weighted by Crippen LogP contribution is -2.30. The Morgan fingerprint density at radius 1 is 0.968 bits per heavy atom. The number of sulfonamides is 1. The van der Waals surface area contributed by atoms with E-state index in [-0.39, 0.29) is 35.6 Å². The molecule has 8 nitrogen and oxygen atoms in total. The number of unbranched alkanes of at least 4 members (excludes halogenated alkanes) is 1. The van der Waals surface area contributed by atoms with Crippen molar-refractivity contribution in [3.63, 3.8) is 0 Å². The lowest BCUT2D eigenvalue weighted by atomic mass is 10.1. The van der Waals surface area contributed by atoms with E-state index < -0.39 is 10.0 Å². The molecule has 0 saturated heterocycles. The van der Waals surface area contributed by atoms with Crippen LogP contribution in [0.25, 0.3) is 0 Å². The molecule has 0 spiro atoms. The highest BCUT2D eigenvalue weighted by atomic mass is 32.2. The molecule has 0 unspecified atom stereocenters. The second-order valence-corrected chi connectivity index (χ2v) is 9.26. The van der Waals surface area contributed by atoms with Gasteiger partial charge in [0.1, 0.15) is 0 Å². The largest absolute Gasteiger partial charge is 0.348 e. The zero-order chi connectivity index (χ0) is 22.6. The van der Waals surface area contributed by atoms with Crippen molar-refractivity contribution in [2.75, 3.05) is 13.6 Å². The molecule has 0 atom stereocenters. The number of benzene rings is 2. The summed E-state index contributed by atoms with van der Waals surface area (Å²) in [7, 11) is -1.98. The summed E-state index contributed by atoms with van der Waals surface area (Å²) < 4.78 is 25.5. The molecule has 2 aromatic carbocycles. The summed E-state index contributed by atoms with van der Waals surface area (Å²) in [6, 6.07) is 11.4. The first kappa shape index (κ1) is 22.6. The van der Waals surface area contributed by atoms with Crippen LogP contribution in [0.4, 0.5) is 0 Å². The number of hydrogen-bond acceptors (Lipinski definition) is 5. The fraction of sp³-hybridized carbons (Fsp3) is 0.318. The Labute approximate surface area is 181 Å². The van der Waals surface area contributed by atoms with Crippen LogP contribution in [-0.2, 0) is 22.3 Å². The molecule has 2 N–H and O–H groups in total. The molecule has 0 radical (unpaired) electrons. The first-order valence-corrected chi connectivity index (χ1v) is 11.7. The Hall–Kier alpha value is -3.04. The highest BCUT2D eigenvalue weighted by Crippen LogP contribution is 2.24. The molecule has 0 aromatic heterocycles. The van der Waals surface area contributed by atoms with Gasteiger partial charge in [-0.05, 0) is 42.8 Å². The molecule has 1 aliphatic heterocycles. The highest BCUT2D eigenvalue weighted by molar-refractivity contribution is 7.88. The van der Waals surface area contributed by atoms with Crippen LogP contribution in [0.15, 0.2) is 42.5 Å². The maximum Gasteiger partial charge on any atom is 0.261 e. The normalized spacial score (nSPS) is 13.4. The fourth-order valence-corrected chi connectivity index (χ4v) is 4.06. The first-order valence-electron chi connectivity index (χ1n) is 10.0. The molecule has 1 aliphatic rings. The minimum Gasteiger partial charge on any atom is -0.348 e. The second kappa shape index (κ2) is 9.40. The molecule has 9 heteroatoms. The number of rotatable bonds is 9. The molecular weight excluding hydrogens is 418 g/mol. The second-order valence-electron chi connectivity index (χ2n) is 7.34. The molecule has 3 amide bonds. The van der Waals surface area contributed by atoms with Gasteiger partial charge in [-0.1, -0.05) is 37.6 Å². The van der Waals surface area contributed by atoms with Gasteiger partial charge in [0.25, 0.3) is 17.7 Å². The third-order valence-electron chi connectivity index (χ3n) is 5.11. The zero-order valence-electron chi connectivity index (χ0n) is 17.5. The average Bonchev–Trinajstić information content (AvgIpc) is 3.00. The molecule has 0 bridgehead atoms. The van der Waals surface area contributed by atoms with Crippen molar-refractivity contribution in [3.8, 4) is 0 Å². The van der Waals surface area contributed by atoms with Crippen molar-refractivity contribution in [1.29, 1.82) is 0 Å². The molecule has 2 aromatic rings. The third-order valence-corrected chi connectivity index (χ3v) is 6.45. The van der Waals surface area contributed by atoms with Crippen LogP contribution in [0.5, 0.6) is 0 Å². The van der Waals surface area contributed by atoms with E-state index in [9.17, 15) is 22.8 Å². The van der Waals surface area contributed by atoms with Crippen molar-refractivity contribution in [2.24, 2.45) is 0 Å². The number of carbonyl (C=O) groups is 3. The van der Waals surface area contributed by atoms with Gasteiger partial charge in [-0.3, -0.25) is 19.3 Å². The quantitative estimate of drug-likeness (QED) is 0.576. The predicted octanol–water partition coefficient (Wildman–Crippen LogP) is 2.06. The van der Waals surface area contributed by atoms with Crippen molar-refractivity contribution in [2.45, 2.75) is 32.1 Å². The number of carbonyl (C=O) groups excluding carboxylic acids is 3. The minimum atomic E-state index is -3.34. The summed E-state index contributed by atoms with van der Waals surface area (Å²) >= 11 is 0. The van der Waals surface area contributed by atoms with Crippen LogP contribution in [0, 0.1) is 0 Å². The van der Waals surface area contributed by atoms with E-state index in [0.717, 1.165) is 18.4 Å². The van der Waals surface area contributed by atoms with E-state index in [2.05, 4.69) is 10.0 Å². The SMILES string of the molecule is CCCCN1C(=O)c2ccc(C(=O)NCc3ccc(CS(=O)(=O)NC)cc3)cc2C1=O. The van der Waals surface area contributed by atoms with E-state index in [1.807, 2.05) is 6.92 Å². The van der Waals surface area contributed by atoms with Crippen molar-refractivity contribution >= 4 is 27.7 Å². The highest BCUT2D eigenvalue weighted by Gasteiger charge is 2.35. The van der Waals surface area contributed by atoms with Gasteiger partial charge in [-0.25, -0.2) is 13.1 Å². The van der Waals surface area contributed by atoms with E-state index in [0.29, 0.717) is 23.2 Å². The van der Waals surface area contributed by atoms with E-state index in [1.165, 1.54) is 30.1 Å². The third kappa shape index (κ3) is 5.18. The molecule has 3 rings (SSSR count). The van der Waals surface area contributed by atoms with Crippen LogP contribution >= 0.6 is 0 Å². The van der Waals surface area contributed by atoms with Crippen LogP contribution < -0.4 is 10.0 Å². The number of nitrogens with zero attached hydrogens (tertiary/aromatic N) is 1. The summed E-state index contributed by atoms with van der Waals surface area (Å²) in [6.45, 7) is 2.60. The molecule has 0 fully saturated rings. The lowest BCUT2D eigenvalue weighted by Gasteiger charge is -2.12. The van der Waals surface area contributed by atoms with Gasteiger partial charge >= 0.3 is 0 Å². The summed E-state index contributed by atoms with van der Waals surface area (Å²) in [5, 5.41) is 2.78. The predicted molar refractivity (Wildman–Crippen MR) is 116 cm³/mol. The molecule has 164 valence electrons. The molecular formula is C22H25N3O5S. The first-order chi connectivity index (χ1) is 14.8. The standard InChI is InChI=1S/C22H25N3O5S/c1-3-4-11-25-21(27)18-10-9-17(12-19(18)22(25)28)20(26)24-13-15-5-7-16(8-6-15)14-31(29,30)23-2/h5-10,12,23H,3-4,11,13-14H2,1-2H3,(H,24,26). The minimum absolute atomic E-state index is 0.118. The molecule has 0 aliphatic carbocycles. The van der Waals surface area contributed by atoms with Crippen LogP contribution in [0.2, 0.25) is 0 Å². The molecule has 1 heterocycles. The lowest BCUT2D eigenvalue weighted by molar-refractivity contribution is 0.0652. The maximum atomic E-state index is 12.5. The summed E-state index contributed by atoms with van der Waals surface area (Å²) in [5.41, 5.74) is 2.32. The topological polar surface area (TPSA) is 113 Å². The van der Waals surface area contributed by atoms with Gasteiger partial charge in [0, 0.05) is 18.7 Å². The number of hydrogen-bond donors (Lipinski definition) is 2. The zero-order valence-corrected chi connectivity index (χ0v) is 18.3. The number of amides is 3. The monoisotopic (exact) mass is 443 g/mol. The maximum absolute atomic E-state index is 12.5. The molecule has 0 saturated carbocycles. The van der Waals surface area contributed by atoms with Gasteiger partial charge in [0.15, 0.2) is 0 Å². The number of fused-ring (bicyclic) bond motifs is 1. The Morgan fingerprint density at radius 2 is 1.61 bits per heavy atom. The van der Waals surface area contributed by atoms with Gasteiger partial charge in [-0.15, -0.1) is 0 Å². The summed E-state index contributed by atoms with van der Waals surface area (Å²) in [4.78, 5) is 38.7. The van der Waals surface area contributed by atoms with Gasteiger partial charge < -0.3 is 5.32 Å². The summed E-state index contributed by atoms with van der Waals surface area (Å²) in [5.74, 6) is -1.17. The van der Waals surface area contributed by atoms with Crippen LogP contribution in [0.3, 0.4) is 0 Å². The van der Waals surface area contributed by atoms with Crippen molar-refractivity contribution in [3.05, 3.63) is 70.3 Å².